The van der Waals surface area contributed by atoms with Gasteiger partial charge in [-0.05, 0) is 25.0 Å². The Hall–Kier alpha value is -2.11. The molecule has 0 atom stereocenters. The molecule has 0 bridgehead atoms. The fourth-order valence-electron chi connectivity index (χ4n) is 1.48. The van der Waals surface area contributed by atoms with Crippen LogP contribution in [-0.2, 0) is 4.79 Å². The summed E-state index contributed by atoms with van der Waals surface area (Å²) < 4.78 is 0. The number of primary amides is 1. The number of nitrogens with two attached hydrogens (primary N) is 1. The Bertz CT molecular complexity index is 440. The molecule has 0 unspecified atom stereocenters. The number of pyridine rings is 1. The van der Waals surface area contributed by atoms with Crippen molar-refractivity contribution in [1.29, 1.82) is 0 Å². The first-order chi connectivity index (χ1) is 8.65. The molecule has 0 saturated heterocycles. The van der Waals surface area contributed by atoms with E-state index in [4.69, 9.17) is 5.73 Å². The van der Waals surface area contributed by atoms with Gasteiger partial charge in [0, 0.05) is 25.2 Å². The summed E-state index contributed by atoms with van der Waals surface area (Å²) in [5, 5.41) is 5.91. The van der Waals surface area contributed by atoms with Crippen LogP contribution in [-0.4, -0.2) is 29.4 Å². The highest BCUT2D eigenvalue weighted by atomic mass is 16.2. The first kappa shape index (κ1) is 12.3. The number of hydrogen-bond donors (Lipinski definition) is 3. The molecule has 1 fully saturated rings. The molecule has 6 nitrogen and oxygen atoms in total. The average molecular weight is 248 g/mol. The van der Waals surface area contributed by atoms with Gasteiger partial charge in [-0.25, -0.2) is 4.98 Å². The molecule has 1 aliphatic carbocycles. The van der Waals surface area contributed by atoms with E-state index in [0.29, 0.717) is 30.4 Å². The quantitative estimate of drug-likeness (QED) is 0.672. The molecule has 1 heterocycles. The van der Waals surface area contributed by atoms with Gasteiger partial charge in [-0.1, -0.05) is 0 Å². The van der Waals surface area contributed by atoms with Crippen molar-refractivity contribution in [3.05, 3.63) is 23.9 Å². The maximum Gasteiger partial charge on any atom is 0.250 e. The van der Waals surface area contributed by atoms with Crippen LogP contribution in [0.4, 0.5) is 5.82 Å². The molecule has 1 aliphatic rings. The number of carbonyl (C=O) groups is 2. The molecule has 0 aromatic carbocycles. The Labute approximate surface area is 105 Å². The van der Waals surface area contributed by atoms with Crippen molar-refractivity contribution in [3.63, 3.8) is 0 Å². The second-order valence-electron chi connectivity index (χ2n) is 4.31. The minimum atomic E-state index is -0.502. The third kappa shape index (κ3) is 3.73. The molecular formula is C12H16N4O2. The Morgan fingerprint density at radius 3 is 2.72 bits per heavy atom. The van der Waals surface area contributed by atoms with Crippen molar-refractivity contribution in [2.24, 2.45) is 5.73 Å². The molecule has 96 valence electrons. The van der Waals surface area contributed by atoms with Crippen LogP contribution in [0.2, 0.25) is 0 Å². The lowest BCUT2D eigenvalue weighted by atomic mass is 10.3. The Morgan fingerprint density at radius 1 is 1.39 bits per heavy atom. The summed E-state index contributed by atoms with van der Waals surface area (Å²) in [5.74, 6) is 0.177. The SMILES string of the molecule is NC(=O)c1ccc(NCCC(=O)NC2CC2)nc1. The number of carbonyl (C=O) groups excluding carboxylic acids is 2. The summed E-state index contributed by atoms with van der Waals surface area (Å²) in [6.45, 7) is 0.515. The fourth-order valence-corrected chi connectivity index (χ4v) is 1.48. The Kier molecular flexibility index (Phi) is 3.76. The number of nitrogens with zero attached hydrogens (tertiary/aromatic N) is 1. The number of hydrogen-bond acceptors (Lipinski definition) is 4. The summed E-state index contributed by atoms with van der Waals surface area (Å²) in [4.78, 5) is 26.3. The molecule has 1 aromatic heterocycles. The van der Waals surface area contributed by atoms with Crippen molar-refractivity contribution < 1.29 is 9.59 Å². The van der Waals surface area contributed by atoms with Gasteiger partial charge in [-0.15, -0.1) is 0 Å². The molecule has 2 rings (SSSR count). The van der Waals surface area contributed by atoms with Crippen molar-refractivity contribution in [3.8, 4) is 0 Å². The van der Waals surface area contributed by atoms with Gasteiger partial charge in [0.05, 0.1) is 5.56 Å². The lowest BCUT2D eigenvalue weighted by molar-refractivity contribution is -0.120. The second-order valence-corrected chi connectivity index (χ2v) is 4.31. The standard InChI is InChI=1S/C12H16N4O2/c13-12(18)8-1-4-10(15-7-8)14-6-5-11(17)16-9-2-3-9/h1,4,7,9H,2-3,5-6H2,(H2,13,18)(H,14,15)(H,16,17). The molecule has 18 heavy (non-hydrogen) atoms. The van der Waals surface area contributed by atoms with Gasteiger partial charge in [0.1, 0.15) is 5.82 Å². The van der Waals surface area contributed by atoms with E-state index in [-0.39, 0.29) is 5.91 Å². The summed E-state index contributed by atoms with van der Waals surface area (Å²) in [5.41, 5.74) is 5.47. The predicted octanol–water partition coefficient (Wildman–Crippen LogP) is 0.261. The van der Waals surface area contributed by atoms with E-state index in [0.717, 1.165) is 12.8 Å². The van der Waals surface area contributed by atoms with Crippen molar-refractivity contribution >= 4 is 17.6 Å². The smallest absolute Gasteiger partial charge is 0.250 e. The van der Waals surface area contributed by atoms with E-state index in [1.54, 1.807) is 12.1 Å². The number of rotatable bonds is 6. The largest absolute Gasteiger partial charge is 0.370 e. The zero-order chi connectivity index (χ0) is 13.0. The maximum absolute atomic E-state index is 11.4. The molecular weight excluding hydrogens is 232 g/mol. The van der Waals surface area contributed by atoms with Gasteiger partial charge in [0.2, 0.25) is 11.8 Å². The van der Waals surface area contributed by atoms with E-state index in [1.807, 2.05) is 0 Å². The first-order valence-electron chi connectivity index (χ1n) is 5.94. The third-order valence-electron chi connectivity index (χ3n) is 2.65. The van der Waals surface area contributed by atoms with E-state index in [2.05, 4.69) is 15.6 Å². The zero-order valence-electron chi connectivity index (χ0n) is 9.98. The van der Waals surface area contributed by atoms with Crippen LogP contribution in [0.1, 0.15) is 29.6 Å². The summed E-state index contributed by atoms with van der Waals surface area (Å²) >= 11 is 0. The molecule has 1 saturated carbocycles. The molecule has 0 aliphatic heterocycles. The van der Waals surface area contributed by atoms with Gasteiger partial charge in [-0.2, -0.15) is 0 Å². The minimum Gasteiger partial charge on any atom is -0.370 e. The van der Waals surface area contributed by atoms with E-state index < -0.39 is 5.91 Å². The summed E-state index contributed by atoms with van der Waals surface area (Å²) in [6.07, 6.45) is 4.01. The van der Waals surface area contributed by atoms with Crippen LogP contribution < -0.4 is 16.4 Å². The topological polar surface area (TPSA) is 97.1 Å². The lowest BCUT2D eigenvalue weighted by Crippen LogP contribution is -2.27. The predicted molar refractivity (Wildman–Crippen MR) is 67.0 cm³/mol. The van der Waals surface area contributed by atoms with E-state index >= 15 is 0 Å². The van der Waals surface area contributed by atoms with Crippen LogP contribution in [0.3, 0.4) is 0 Å². The number of aromatic nitrogens is 1. The molecule has 1 aromatic rings. The molecule has 0 spiro atoms. The lowest BCUT2D eigenvalue weighted by Gasteiger charge is -2.06. The summed E-state index contributed by atoms with van der Waals surface area (Å²) in [7, 11) is 0. The van der Waals surface area contributed by atoms with E-state index in [1.165, 1.54) is 6.20 Å². The summed E-state index contributed by atoms with van der Waals surface area (Å²) in [6, 6.07) is 3.66. The number of anilines is 1. The number of nitrogens with one attached hydrogen (secondary N) is 2. The molecule has 2 amide bonds. The van der Waals surface area contributed by atoms with Crippen LogP contribution in [0, 0.1) is 0 Å². The van der Waals surface area contributed by atoms with Gasteiger partial charge in [-0.3, -0.25) is 9.59 Å². The van der Waals surface area contributed by atoms with E-state index in [9.17, 15) is 9.59 Å². The van der Waals surface area contributed by atoms with Gasteiger partial charge in [0.15, 0.2) is 0 Å². The van der Waals surface area contributed by atoms with Gasteiger partial charge < -0.3 is 16.4 Å². The number of amides is 2. The second kappa shape index (κ2) is 5.48. The van der Waals surface area contributed by atoms with Crippen LogP contribution >= 0.6 is 0 Å². The Morgan fingerprint density at radius 2 is 2.17 bits per heavy atom. The van der Waals surface area contributed by atoms with Crippen molar-refractivity contribution in [2.75, 3.05) is 11.9 Å². The van der Waals surface area contributed by atoms with Crippen molar-refractivity contribution in [2.45, 2.75) is 25.3 Å². The van der Waals surface area contributed by atoms with Gasteiger partial charge in [0.25, 0.3) is 0 Å². The minimum absolute atomic E-state index is 0.0544. The highest BCUT2D eigenvalue weighted by Crippen LogP contribution is 2.18. The first-order valence-corrected chi connectivity index (χ1v) is 5.94. The van der Waals surface area contributed by atoms with Crippen LogP contribution in [0.25, 0.3) is 0 Å². The molecule has 0 radical (unpaired) electrons. The van der Waals surface area contributed by atoms with Crippen molar-refractivity contribution in [1.82, 2.24) is 10.3 Å². The normalized spacial score (nSPS) is 14.0. The fraction of sp³-hybridized carbons (Fsp3) is 0.417. The average Bonchev–Trinajstić information content (AvgIpc) is 3.13. The van der Waals surface area contributed by atoms with Crippen LogP contribution in [0.5, 0.6) is 0 Å². The zero-order valence-corrected chi connectivity index (χ0v) is 9.98. The highest BCUT2D eigenvalue weighted by molar-refractivity contribution is 5.92. The van der Waals surface area contributed by atoms with Gasteiger partial charge >= 0.3 is 0 Å². The van der Waals surface area contributed by atoms with Crippen LogP contribution in [0.15, 0.2) is 18.3 Å². The highest BCUT2D eigenvalue weighted by Gasteiger charge is 2.22. The molecule has 6 heteroatoms. The third-order valence-corrected chi connectivity index (χ3v) is 2.65. The maximum atomic E-state index is 11.4. The monoisotopic (exact) mass is 248 g/mol. The molecule has 4 N–H and O–H groups in total. The Balaban J connectivity index is 1.72.